The topological polar surface area (TPSA) is 72.7 Å². The summed E-state index contributed by atoms with van der Waals surface area (Å²) in [4.78, 5) is 12.3. The van der Waals surface area contributed by atoms with Crippen molar-refractivity contribution in [1.82, 2.24) is 20.0 Å². The Morgan fingerprint density at radius 2 is 2.17 bits per heavy atom. The molecule has 1 N–H and O–H groups in total. The van der Waals surface area contributed by atoms with Crippen LogP contribution in [-0.2, 0) is 4.79 Å². The SMILES string of the molecule is Cc1ccc(-n2nccc2NC(=O)CC2CCCC(C)C2)nn1. The van der Waals surface area contributed by atoms with Gasteiger partial charge in [0.1, 0.15) is 5.82 Å². The minimum atomic E-state index is 0.0471. The smallest absolute Gasteiger partial charge is 0.225 e. The van der Waals surface area contributed by atoms with Crippen molar-refractivity contribution >= 4 is 11.7 Å². The second-order valence-electron chi connectivity index (χ2n) is 6.55. The Morgan fingerprint density at radius 3 is 2.91 bits per heavy atom. The van der Waals surface area contributed by atoms with Crippen LogP contribution in [0.15, 0.2) is 24.4 Å². The van der Waals surface area contributed by atoms with Crippen LogP contribution in [0.3, 0.4) is 0 Å². The minimum absolute atomic E-state index is 0.0471. The summed E-state index contributed by atoms with van der Waals surface area (Å²) in [6.45, 7) is 4.16. The fourth-order valence-corrected chi connectivity index (χ4v) is 3.29. The van der Waals surface area contributed by atoms with E-state index in [-0.39, 0.29) is 5.91 Å². The molecule has 6 nitrogen and oxygen atoms in total. The van der Waals surface area contributed by atoms with Crippen molar-refractivity contribution in [3.8, 4) is 5.82 Å². The summed E-state index contributed by atoms with van der Waals surface area (Å²) >= 11 is 0. The molecule has 1 saturated carbocycles. The third-order valence-corrected chi connectivity index (χ3v) is 4.43. The molecule has 0 bridgehead atoms. The molecular formula is C17H23N5O. The van der Waals surface area contributed by atoms with Crippen LogP contribution in [0.4, 0.5) is 5.82 Å². The summed E-state index contributed by atoms with van der Waals surface area (Å²) in [6.07, 6.45) is 7.05. The zero-order valence-electron chi connectivity index (χ0n) is 13.7. The van der Waals surface area contributed by atoms with Gasteiger partial charge in [0, 0.05) is 12.5 Å². The van der Waals surface area contributed by atoms with Crippen LogP contribution in [0.2, 0.25) is 0 Å². The number of aromatic nitrogens is 4. The van der Waals surface area contributed by atoms with Gasteiger partial charge < -0.3 is 5.32 Å². The molecule has 1 aliphatic carbocycles. The van der Waals surface area contributed by atoms with Crippen molar-refractivity contribution in [3.05, 3.63) is 30.1 Å². The predicted octanol–water partition coefficient (Wildman–Crippen LogP) is 3.13. The van der Waals surface area contributed by atoms with Crippen LogP contribution in [-0.4, -0.2) is 25.9 Å². The molecule has 0 spiro atoms. The van der Waals surface area contributed by atoms with Crippen molar-refractivity contribution in [3.63, 3.8) is 0 Å². The van der Waals surface area contributed by atoms with Crippen molar-refractivity contribution in [1.29, 1.82) is 0 Å². The van der Waals surface area contributed by atoms with Gasteiger partial charge in [0.25, 0.3) is 0 Å². The molecule has 3 rings (SSSR count). The Labute approximate surface area is 136 Å². The number of hydrogen-bond donors (Lipinski definition) is 1. The van der Waals surface area contributed by atoms with Gasteiger partial charge in [0.2, 0.25) is 5.91 Å². The van der Waals surface area contributed by atoms with Gasteiger partial charge in [-0.25, -0.2) is 0 Å². The molecule has 0 radical (unpaired) electrons. The Hall–Kier alpha value is -2.24. The molecule has 0 aromatic carbocycles. The molecule has 122 valence electrons. The van der Waals surface area contributed by atoms with Gasteiger partial charge in [-0.2, -0.15) is 14.9 Å². The number of nitrogens with zero attached hydrogens (tertiary/aromatic N) is 4. The highest BCUT2D eigenvalue weighted by Gasteiger charge is 2.22. The highest BCUT2D eigenvalue weighted by Crippen LogP contribution is 2.30. The lowest BCUT2D eigenvalue weighted by molar-refractivity contribution is -0.117. The Bertz CT molecular complexity index is 664. The highest BCUT2D eigenvalue weighted by molar-refractivity contribution is 5.90. The first-order valence-corrected chi connectivity index (χ1v) is 8.26. The van der Waals surface area contributed by atoms with Crippen LogP contribution in [0.25, 0.3) is 5.82 Å². The molecule has 2 unspecified atom stereocenters. The highest BCUT2D eigenvalue weighted by atomic mass is 16.1. The van der Waals surface area contributed by atoms with Gasteiger partial charge in [0.05, 0.1) is 11.9 Å². The summed E-state index contributed by atoms with van der Waals surface area (Å²) in [5, 5.41) is 15.3. The number of carbonyl (C=O) groups excluding carboxylic acids is 1. The predicted molar refractivity (Wildman–Crippen MR) is 88.3 cm³/mol. The third kappa shape index (κ3) is 3.94. The van der Waals surface area contributed by atoms with Gasteiger partial charge in [-0.3, -0.25) is 4.79 Å². The number of aryl methyl sites for hydroxylation is 1. The van der Waals surface area contributed by atoms with E-state index in [2.05, 4.69) is 27.5 Å². The minimum Gasteiger partial charge on any atom is -0.311 e. The van der Waals surface area contributed by atoms with Crippen LogP contribution >= 0.6 is 0 Å². The van der Waals surface area contributed by atoms with Gasteiger partial charge in [-0.05, 0) is 43.7 Å². The standard InChI is InChI=1S/C17H23N5O/c1-12-4-3-5-14(10-12)11-17(23)19-15-8-9-18-22(15)16-7-6-13(2)20-21-16/h6-9,12,14H,3-5,10-11H2,1-2H3,(H,19,23). The van der Waals surface area contributed by atoms with Crippen molar-refractivity contribution in [2.75, 3.05) is 5.32 Å². The number of rotatable bonds is 4. The molecule has 0 saturated heterocycles. The summed E-state index contributed by atoms with van der Waals surface area (Å²) in [5.74, 6) is 2.51. The number of anilines is 1. The quantitative estimate of drug-likeness (QED) is 0.941. The fourth-order valence-electron chi connectivity index (χ4n) is 3.29. The number of nitrogens with one attached hydrogen (secondary N) is 1. The molecule has 0 aliphatic heterocycles. The average molecular weight is 313 g/mol. The summed E-state index contributed by atoms with van der Waals surface area (Å²) < 4.78 is 1.60. The van der Waals surface area contributed by atoms with Crippen molar-refractivity contribution in [2.24, 2.45) is 11.8 Å². The van der Waals surface area contributed by atoms with E-state index in [1.807, 2.05) is 19.1 Å². The van der Waals surface area contributed by atoms with E-state index < -0.39 is 0 Å². The van der Waals surface area contributed by atoms with Crippen LogP contribution in [0, 0.1) is 18.8 Å². The zero-order chi connectivity index (χ0) is 16.2. The third-order valence-electron chi connectivity index (χ3n) is 4.43. The largest absolute Gasteiger partial charge is 0.311 e. The van der Waals surface area contributed by atoms with E-state index >= 15 is 0 Å². The van der Waals surface area contributed by atoms with Gasteiger partial charge in [-0.15, -0.1) is 5.10 Å². The Kier molecular flexibility index (Phi) is 4.69. The summed E-state index contributed by atoms with van der Waals surface area (Å²) in [7, 11) is 0. The molecule has 2 atom stereocenters. The van der Waals surface area contributed by atoms with Crippen LogP contribution in [0.1, 0.15) is 44.7 Å². The number of amides is 1. The molecule has 1 aliphatic rings. The summed E-state index contributed by atoms with van der Waals surface area (Å²) in [5.41, 5.74) is 0.845. The van der Waals surface area contributed by atoms with Gasteiger partial charge in [0.15, 0.2) is 5.82 Å². The molecule has 1 amide bonds. The van der Waals surface area contributed by atoms with Crippen LogP contribution in [0.5, 0.6) is 0 Å². The lowest BCUT2D eigenvalue weighted by Gasteiger charge is -2.26. The van der Waals surface area contributed by atoms with Gasteiger partial charge in [-0.1, -0.05) is 19.8 Å². The first-order valence-electron chi connectivity index (χ1n) is 8.26. The van der Waals surface area contributed by atoms with E-state index in [9.17, 15) is 4.79 Å². The molecule has 2 heterocycles. The second-order valence-corrected chi connectivity index (χ2v) is 6.55. The maximum absolute atomic E-state index is 12.3. The number of carbonyl (C=O) groups is 1. The van der Waals surface area contributed by atoms with E-state index in [0.29, 0.717) is 24.0 Å². The lowest BCUT2D eigenvalue weighted by Crippen LogP contribution is -2.22. The van der Waals surface area contributed by atoms with Gasteiger partial charge >= 0.3 is 0 Å². The monoisotopic (exact) mass is 313 g/mol. The molecule has 2 aromatic heterocycles. The maximum atomic E-state index is 12.3. The second kappa shape index (κ2) is 6.89. The van der Waals surface area contributed by atoms with E-state index in [4.69, 9.17) is 0 Å². The average Bonchev–Trinajstić information content (AvgIpc) is 2.96. The van der Waals surface area contributed by atoms with Crippen molar-refractivity contribution in [2.45, 2.75) is 46.0 Å². The lowest BCUT2D eigenvalue weighted by atomic mass is 9.81. The first kappa shape index (κ1) is 15.6. The van der Waals surface area contributed by atoms with E-state index in [1.165, 1.54) is 12.8 Å². The Balaban J connectivity index is 1.65. The van der Waals surface area contributed by atoms with Crippen molar-refractivity contribution < 1.29 is 4.79 Å². The first-order chi connectivity index (χ1) is 11.1. The molecule has 2 aromatic rings. The maximum Gasteiger partial charge on any atom is 0.225 e. The normalized spacial score (nSPS) is 21.1. The van der Waals surface area contributed by atoms with E-state index in [0.717, 1.165) is 24.5 Å². The number of hydrogen-bond acceptors (Lipinski definition) is 4. The Morgan fingerprint density at radius 1 is 1.30 bits per heavy atom. The molecule has 23 heavy (non-hydrogen) atoms. The fraction of sp³-hybridized carbons (Fsp3) is 0.529. The van der Waals surface area contributed by atoms with E-state index in [1.54, 1.807) is 16.9 Å². The molecule has 6 heteroatoms. The zero-order valence-corrected chi connectivity index (χ0v) is 13.7. The molecular weight excluding hydrogens is 290 g/mol. The molecule has 1 fully saturated rings. The van der Waals surface area contributed by atoms with Crippen LogP contribution < -0.4 is 5.32 Å². The summed E-state index contributed by atoms with van der Waals surface area (Å²) in [6, 6.07) is 5.50.